The zero-order valence-corrected chi connectivity index (χ0v) is 27.4. The topological polar surface area (TPSA) is 121 Å². The van der Waals surface area contributed by atoms with Gasteiger partial charge in [-0.15, -0.1) is 11.3 Å². The van der Waals surface area contributed by atoms with Crippen LogP contribution in [0.5, 0.6) is 5.75 Å². The molecule has 1 saturated heterocycles. The number of hydrogen-bond acceptors (Lipinski definition) is 8. The van der Waals surface area contributed by atoms with E-state index in [4.69, 9.17) is 25.8 Å². The number of fused-ring (bicyclic) bond motifs is 3. The van der Waals surface area contributed by atoms with E-state index in [1.54, 1.807) is 36.6 Å². The molecule has 5 rings (SSSR count). The van der Waals surface area contributed by atoms with Crippen molar-refractivity contribution in [1.82, 2.24) is 9.80 Å². The number of carbonyl (C=O) groups is 3. The Morgan fingerprint density at radius 2 is 1.82 bits per heavy atom. The average molecular weight is 639 g/mol. The minimum atomic E-state index is -0.704. The summed E-state index contributed by atoms with van der Waals surface area (Å²) in [5.41, 5.74) is 1.24. The molecule has 232 valence electrons. The first-order valence-electron chi connectivity index (χ1n) is 14.3. The Morgan fingerprint density at radius 1 is 1.11 bits per heavy atom. The molecule has 0 aliphatic carbocycles. The van der Waals surface area contributed by atoms with Gasteiger partial charge in [-0.3, -0.25) is 10.1 Å². The lowest BCUT2D eigenvalue weighted by Crippen LogP contribution is -2.58. The van der Waals surface area contributed by atoms with E-state index in [-0.39, 0.29) is 30.7 Å². The Kier molecular flexibility index (Phi) is 8.20. The molecule has 1 atom stereocenters. The van der Waals surface area contributed by atoms with Gasteiger partial charge in [0.25, 0.3) is 5.91 Å². The summed E-state index contributed by atoms with van der Waals surface area (Å²) in [4.78, 5) is 42.4. The van der Waals surface area contributed by atoms with Crippen molar-refractivity contribution in [2.24, 2.45) is 0 Å². The second-order valence-electron chi connectivity index (χ2n) is 12.8. The first-order valence-corrected chi connectivity index (χ1v) is 15.5. The van der Waals surface area contributed by atoms with Crippen molar-refractivity contribution in [3.63, 3.8) is 0 Å². The number of carbonyl (C=O) groups excluding carboxylic acids is 3. The van der Waals surface area contributed by atoms with Crippen molar-refractivity contribution in [2.45, 2.75) is 65.7 Å². The van der Waals surface area contributed by atoms with Crippen LogP contribution >= 0.6 is 22.9 Å². The molecule has 0 bridgehead atoms. The molecular formula is C32H35ClN4O6S. The van der Waals surface area contributed by atoms with Crippen LogP contribution in [0.1, 0.15) is 63.0 Å². The zero-order chi connectivity index (χ0) is 32.1. The molecule has 2 aliphatic rings. The lowest BCUT2D eigenvalue weighted by Gasteiger charge is -2.40. The normalized spacial score (nSPS) is 16.8. The molecule has 2 aliphatic heterocycles. The summed E-state index contributed by atoms with van der Waals surface area (Å²) in [5.74, 6) is 0.184. The number of hydrogen-bond donors (Lipinski definition) is 1. The fourth-order valence-electron chi connectivity index (χ4n) is 5.47. The molecule has 3 amide bonds. The van der Waals surface area contributed by atoms with E-state index >= 15 is 0 Å². The van der Waals surface area contributed by atoms with Crippen molar-refractivity contribution in [2.75, 3.05) is 31.6 Å². The van der Waals surface area contributed by atoms with Crippen LogP contribution in [0.3, 0.4) is 0 Å². The van der Waals surface area contributed by atoms with Gasteiger partial charge in [0.15, 0.2) is 0 Å². The highest BCUT2D eigenvalue weighted by Gasteiger charge is 2.39. The minimum absolute atomic E-state index is 0.177. The highest BCUT2D eigenvalue weighted by molar-refractivity contribution is 7.23. The molecule has 0 unspecified atom stereocenters. The van der Waals surface area contributed by atoms with E-state index in [1.807, 2.05) is 45.9 Å². The lowest BCUT2D eigenvalue weighted by atomic mass is 9.93. The maximum atomic E-state index is 13.8. The molecule has 0 saturated carbocycles. The second kappa shape index (κ2) is 11.5. The van der Waals surface area contributed by atoms with Crippen LogP contribution in [0.25, 0.3) is 21.2 Å². The SMILES string of the molecule is Cc1c2c(cc(Cl)c1-c1cccc3sc(NC(=O)OC(C)(C)C)c(C#N)c13)C(=O)N1CCN(C(=O)OC(C)(C)C)C[C@@H]1CO2. The summed E-state index contributed by atoms with van der Waals surface area (Å²) < 4.78 is 18.0. The monoisotopic (exact) mass is 638 g/mol. The lowest BCUT2D eigenvalue weighted by molar-refractivity contribution is 0.000929. The molecule has 3 aromatic rings. The Hall–Kier alpha value is -4.01. The van der Waals surface area contributed by atoms with Crippen molar-refractivity contribution in [3.8, 4) is 22.9 Å². The quantitative estimate of drug-likeness (QED) is 0.315. The Morgan fingerprint density at radius 3 is 2.48 bits per heavy atom. The van der Waals surface area contributed by atoms with Gasteiger partial charge in [-0.2, -0.15) is 5.26 Å². The summed E-state index contributed by atoms with van der Waals surface area (Å²) in [6, 6.07) is 9.06. The highest BCUT2D eigenvalue weighted by Crippen LogP contribution is 2.47. The van der Waals surface area contributed by atoms with Gasteiger partial charge in [0.05, 0.1) is 17.2 Å². The molecule has 1 aromatic heterocycles. The van der Waals surface area contributed by atoms with Gasteiger partial charge in [-0.25, -0.2) is 9.59 Å². The number of halogens is 1. The van der Waals surface area contributed by atoms with E-state index in [2.05, 4.69) is 11.4 Å². The average Bonchev–Trinajstić information content (AvgIpc) is 3.20. The standard InChI is InChI=1S/C32H35ClN4O6S/c1-17-24(19-9-8-10-23-25(19)21(14-34)27(44-23)35-29(39)42-31(2,3)4)22(33)13-20-26(17)41-16-18-15-36(11-12-37(18)28(20)38)30(40)43-32(5,6)7/h8-10,13,18H,11-12,15-16H2,1-7H3,(H,35,39)/t18-/m1/s1. The second-order valence-corrected chi connectivity index (χ2v) is 14.3. The maximum absolute atomic E-state index is 13.8. The Balaban J connectivity index is 1.51. The van der Waals surface area contributed by atoms with E-state index in [0.29, 0.717) is 56.5 Å². The number of thiophene rings is 1. The third kappa shape index (κ3) is 6.14. The fraction of sp³-hybridized carbons (Fsp3) is 0.438. The number of ether oxygens (including phenoxy) is 3. The number of nitriles is 1. The maximum Gasteiger partial charge on any atom is 0.412 e. The first kappa shape index (κ1) is 31.4. The summed E-state index contributed by atoms with van der Waals surface area (Å²) in [7, 11) is 0. The largest absolute Gasteiger partial charge is 0.490 e. The van der Waals surface area contributed by atoms with Crippen LogP contribution in [-0.2, 0) is 9.47 Å². The molecule has 3 heterocycles. The third-order valence-corrected chi connectivity index (χ3v) is 8.60. The van der Waals surface area contributed by atoms with Gasteiger partial charge in [0, 0.05) is 45.9 Å². The van der Waals surface area contributed by atoms with Gasteiger partial charge in [-0.1, -0.05) is 23.7 Å². The predicted octanol–water partition coefficient (Wildman–Crippen LogP) is 7.20. The number of piperazine rings is 1. The van der Waals surface area contributed by atoms with E-state index < -0.39 is 23.4 Å². The number of anilines is 1. The third-order valence-electron chi connectivity index (χ3n) is 7.23. The van der Waals surface area contributed by atoms with Crippen molar-refractivity contribution in [3.05, 3.63) is 46.0 Å². The van der Waals surface area contributed by atoms with Gasteiger partial charge in [0.2, 0.25) is 0 Å². The van der Waals surface area contributed by atoms with Crippen LogP contribution in [0.15, 0.2) is 24.3 Å². The summed E-state index contributed by atoms with van der Waals surface area (Å²) in [6.45, 7) is 13.7. The molecule has 0 radical (unpaired) electrons. The molecule has 12 heteroatoms. The van der Waals surface area contributed by atoms with Gasteiger partial charge < -0.3 is 24.0 Å². The molecule has 1 fully saturated rings. The van der Waals surface area contributed by atoms with Crippen molar-refractivity contribution in [1.29, 1.82) is 5.26 Å². The van der Waals surface area contributed by atoms with Crippen LogP contribution < -0.4 is 10.1 Å². The minimum Gasteiger partial charge on any atom is -0.490 e. The van der Waals surface area contributed by atoms with Crippen LogP contribution in [-0.4, -0.2) is 71.4 Å². The number of nitrogens with zero attached hydrogens (tertiary/aromatic N) is 3. The van der Waals surface area contributed by atoms with Crippen molar-refractivity contribution < 1.29 is 28.6 Å². The predicted molar refractivity (Wildman–Crippen MR) is 170 cm³/mol. The summed E-state index contributed by atoms with van der Waals surface area (Å²) in [6.07, 6.45) is -1.08. The van der Waals surface area contributed by atoms with Gasteiger partial charge in [-0.05, 0) is 66.2 Å². The summed E-state index contributed by atoms with van der Waals surface area (Å²) >= 11 is 8.18. The Bertz CT molecular complexity index is 1710. The number of benzene rings is 2. The zero-order valence-electron chi connectivity index (χ0n) is 25.8. The molecule has 1 N–H and O–H groups in total. The van der Waals surface area contributed by atoms with Crippen LogP contribution in [0, 0.1) is 18.3 Å². The first-order chi connectivity index (χ1) is 20.6. The highest BCUT2D eigenvalue weighted by atomic mass is 35.5. The Labute approximate surface area is 265 Å². The number of rotatable bonds is 2. The van der Waals surface area contributed by atoms with Crippen LogP contribution in [0.2, 0.25) is 5.02 Å². The molecule has 44 heavy (non-hydrogen) atoms. The molecule has 10 nitrogen and oxygen atoms in total. The number of nitrogens with one attached hydrogen (secondary N) is 1. The van der Waals surface area contributed by atoms with Crippen molar-refractivity contribution >= 4 is 56.1 Å². The smallest absolute Gasteiger partial charge is 0.412 e. The van der Waals surface area contributed by atoms with Crippen LogP contribution in [0.4, 0.5) is 14.6 Å². The van der Waals surface area contributed by atoms with E-state index in [9.17, 15) is 19.6 Å². The van der Waals surface area contributed by atoms with Gasteiger partial charge >= 0.3 is 12.2 Å². The fourth-order valence-corrected chi connectivity index (χ4v) is 6.89. The van der Waals surface area contributed by atoms with E-state index in [1.165, 1.54) is 11.3 Å². The van der Waals surface area contributed by atoms with E-state index in [0.717, 1.165) is 4.70 Å². The number of amides is 3. The molecular weight excluding hydrogens is 604 g/mol. The molecule has 0 spiro atoms. The van der Waals surface area contributed by atoms with Gasteiger partial charge in [0.1, 0.15) is 34.6 Å². The molecule has 2 aromatic carbocycles. The summed E-state index contributed by atoms with van der Waals surface area (Å²) in [5, 5.41) is 14.2.